The van der Waals surface area contributed by atoms with Crippen LogP contribution in [0.15, 0.2) is 29.8 Å². The smallest absolute Gasteiger partial charge is 0.358 e. The minimum atomic E-state index is -1.32. The zero-order valence-corrected chi connectivity index (χ0v) is 11.9. The molecule has 7 nitrogen and oxygen atoms in total. The fourth-order valence-electron chi connectivity index (χ4n) is 1.72. The number of hydrogen-bond donors (Lipinski definition) is 4. The van der Waals surface area contributed by atoms with Crippen molar-refractivity contribution < 1.29 is 19.4 Å². The van der Waals surface area contributed by atoms with Gasteiger partial charge in [0, 0.05) is 6.07 Å². The van der Waals surface area contributed by atoms with Gasteiger partial charge in [-0.25, -0.2) is 4.79 Å². The Balaban J connectivity index is 2.16. The number of carbonyl (C=O) groups is 1. The van der Waals surface area contributed by atoms with E-state index in [1.807, 2.05) is 5.43 Å². The van der Waals surface area contributed by atoms with Gasteiger partial charge in [0.05, 0.1) is 11.1 Å². The first kappa shape index (κ1) is 15.3. The molecule has 1 aromatic carbocycles. The number of halogens is 1. The monoisotopic (exact) mass is 313 g/mol. The molecule has 21 heavy (non-hydrogen) atoms. The second-order valence-electron chi connectivity index (χ2n) is 4.55. The quantitative estimate of drug-likeness (QED) is 0.270. The van der Waals surface area contributed by atoms with Gasteiger partial charge in [0.15, 0.2) is 5.70 Å². The van der Waals surface area contributed by atoms with Crippen molar-refractivity contribution in [3.8, 4) is 11.5 Å². The molecule has 114 valence electrons. The maximum Gasteiger partial charge on any atom is 0.358 e. The molecule has 0 amide bonds. The number of ether oxygens (including phenoxy) is 2. The lowest BCUT2D eigenvalue weighted by atomic mass is 9.96. The van der Waals surface area contributed by atoms with Crippen LogP contribution in [0.25, 0.3) is 0 Å². The molecular weight excluding hydrogens is 298 g/mol. The largest absolute Gasteiger partial charge is 0.489 e. The first-order valence-corrected chi connectivity index (χ1v) is 6.72. The molecular formula is C13H16ClN3O4. The molecule has 0 spiro atoms. The van der Waals surface area contributed by atoms with Crippen molar-refractivity contribution in [3.63, 3.8) is 0 Å². The second-order valence-corrected chi connectivity index (χ2v) is 4.96. The maximum absolute atomic E-state index is 10.9. The third-order valence-electron chi connectivity index (χ3n) is 3.08. The van der Waals surface area contributed by atoms with Crippen molar-refractivity contribution >= 4 is 17.6 Å². The number of hydrogen-bond acceptors (Lipinski definition) is 6. The predicted octanol–water partition coefficient (Wildman–Crippen LogP) is 1.33. The molecule has 0 atom stereocenters. The van der Waals surface area contributed by atoms with Crippen LogP contribution in [0.1, 0.15) is 19.3 Å². The van der Waals surface area contributed by atoms with E-state index in [1.54, 1.807) is 18.2 Å². The lowest BCUT2D eigenvalue weighted by Crippen LogP contribution is -2.31. The molecule has 1 fully saturated rings. The van der Waals surface area contributed by atoms with Crippen LogP contribution in [0.3, 0.4) is 0 Å². The van der Waals surface area contributed by atoms with Gasteiger partial charge in [0.2, 0.25) is 5.88 Å². The number of hydrazine groups is 1. The summed E-state index contributed by atoms with van der Waals surface area (Å²) < 4.78 is 11.0. The Morgan fingerprint density at radius 2 is 2.14 bits per heavy atom. The van der Waals surface area contributed by atoms with Crippen LogP contribution in [0.5, 0.6) is 11.5 Å². The lowest BCUT2D eigenvalue weighted by Gasteiger charge is -2.27. The summed E-state index contributed by atoms with van der Waals surface area (Å²) in [6.45, 7) is 0. The summed E-state index contributed by atoms with van der Waals surface area (Å²) in [4.78, 5) is 10.9. The molecule has 1 aromatic rings. The van der Waals surface area contributed by atoms with E-state index in [0.29, 0.717) is 16.5 Å². The number of rotatable bonds is 6. The molecule has 1 aliphatic rings. The van der Waals surface area contributed by atoms with Gasteiger partial charge in [0.25, 0.3) is 0 Å². The highest BCUT2D eigenvalue weighted by Gasteiger charge is 2.21. The Morgan fingerprint density at radius 1 is 1.43 bits per heavy atom. The summed E-state index contributed by atoms with van der Waals surface area (Å²) in [5.74, 6) is 4.18. The third kappa shape index (κ3) is 3.71. The normalized spacial score (nSPS) is 15.7. The van der Waals surface area contributed by atoms with Crippen LogP contribution < -0.4 is 26.5 Å². The fraction of sp³-hybridized carbons (Fsp3) is 0.308. The van der Waals surface area contributed by atoms with Crippen molar-refractivity contribution in [2.45, 2.75) is 25.4 Å². The highest BCUT2D eigenvalue weighted by Crippen LogP contribution is 2.33. The summed E-state index contributed by atoms with van der Waals surface area (Å²) in [6.07, 6.45) is 3.28. The number of nitrogens with two attached hydrogens (primary N) is 2. The van der Waals surface area contributed by atoms with Crippen LogP contribution in [0, 0.1) is 0 Å². The molecule has 6 N–H and O–H groups in total. The molecule has 0 aromatic heterocycles. The first-order chi connectivity index (χ1) is 10.0. The number of nitrogens with one attached hydrogen (secondary N) is 1. The predicted molar refractivity (Wildman–Crippen MR) is 76.5 cm³/mol. The summed E-state index contributed by atoms with van der Waals surface area (Å²) in [5, 5.41) is 9.32. The maximum atomic E-state index is 10.9. The summed E-state index contributed by atoms with van der Waals surface area (Å²) in [5.41, 5.74) is 7.08. The molecule has 1 aliphatic carbocycles. The van der Waals surface area contributed by atoms with Crippen LogP contribution >= 0.6 is 11.6 Å². The van der Waals surface area contributed by atoms with Crippen molar-refractivity contribution in [3.05, 3.63) is 34.8 Å². The second kappa shape index (κ2) is 6.55. The van der Waals surface area contributed by atoms with Crippen LogP contribution in [-0.4, -0.2) is 17.2 Å². The Kier molecular flexibility index (Phi) is 4.77. The van der Waals surface area contributed by atoms with E-state index in [-0.39, 0.29) is 12.0 Å². The number of benzene rings is 1. The number of aliphatic carboxylic acids is 1. The van der Waals surface area contributed by atoms with Gasteiger partial charge >= 0.3 is 5.97 Å². The Labute approximate surface area is 126 Å². The van der Waals surface area contributed by atoms with E-state index >= 15 is 0 Å². The third-order valence-corrected chi connectivity index (χ3v) is 3.39. The first-order valence-electron chi connectivity index (χ1n) is 6.35. The number of carboxylic acids is 1. The van der Waals surface area contributed by atoms with Gasteiger partial charge in [-0.05, 0) is 31.4 Å². The Morgan fingerprint density at radius 3 is 2.67 bits per heavy atom. The van der Waals surface area contributed by atoms with Crippen LogP contribution in [0.4, 0.5) is 0 Å². The SMILES string of the molecule is NN/C(C(=O)O)=C(\N)Oc1ccc(Cl)c(OC2CCC2)c1. The summed E-state index contributed by atoms with van der Waals surface area (Å²) in [7, 11) is 0. The zero-order valence-electron chi connectivity index (χ0n) is 11.1. The summed E-state index contributed by atoms with van der Waals surface area (Å²) in [6, 6.07) is 4.71. The standard InChI is InChI=1S/C13H16ClN3O4/c14-9-5-4-8(6-10(9)20-7-2-1-3-7)21-12(15)11(17-16)13(18)19/h4-7,17H,1-3,15-16H2,(H,18,19)/b12-11+. The lowest BCUT2D eigenvalue weighted by molar-refractivity contribution is -0.133. The average molecular weight is 314 g/mol. The van der Waals surface area contributed by atoms with Crippen LogP contribution in [0.2, 0.25) is 5.02 Å². The molecule has 8 heteroatoms. The molecule has 0 heterocycles. The van der Waals surface area contributed by atoms with E-state index in [1.165, 1.54) is 0 Å². The molecule has 0 unspecified atom stereocenters. The number of carboxylic acid groups (broad SMARTS) is 1. The Bertz CT molecular complexity index is 573. The molecule has 2 rings (SSSR count). The van der Waals surface area contributed by atoms with Gasteiger partial charge in [-0.3, -0.25) is 5.84 Å². The minimum Gasteiger partial charge on any atom is -0.489 e. The molecule has 1 saturated carbocycles. The van der Waals surface area contributed by atoms with Gasteiger partial charge in [-0.2, -0.15) is 0 Å². The van der Waals surface area contributed by atoms with E-state index in [4.69, 9.17) is 37.8 Å². The topological polar surface area (TPSA) is 120 Å². The zero-order chi connectivity index (χ0) is 15.4. The van der Waals surface area contributed by atoms with Gasteiger partial charge in [0.1, 0.15) is 11.5 Å². The van der Waals surface area contributed by atoms with Gasteiger partial charge in [-0.1, -0.05) is 11.6 Å². The van der Waals surface area contributed by atoms with Crippen molar-refractivity contribution in [1.82, 2.24) is 5.43 Å². The molecule has 0 radical (unpaired) electrons. The summed E-state index contributed by atoms with van der Waals surface area (Å²) >= 11 is 6.05. The molecule has 0 aliphatic heterocycles. The van der Waals surface area contributed by atoms with Crippen molar-refractivity contribution in [1.29, 1.82) is 0 Å². The van der Waals surface area contributed by atoms with Crippen molar-refractivity contribution in [2.24, 2.45) is 11.6 Å². The van der Waals surface area contributed by atoms with E-state index in [0.717, 1.165) is 19.3 Å². The fourth-order valence-corrected chi connectivity index (χ4v) is 1.88. The van der Waals surface area contributed by atoms with E-state index < -0.39 is 11.7 Å². The van der Waals surface area contributed by atoms with E-state index in [2.05, 4.69) is 0 Å². The molecule has 0 bridgehead atoms. The van der Waals surface area contributed by atoms with Crippen molar-refractivity contribution in [2.75, 3.05) is 0 Å². The highest BCUT2D eigenvalue weighted by molar-refractivity contribution is 6.32. The molecule has 0 saturated heterocycles. The highest BCUT2D eigenvalue weighted by atomic mass is 35.5. The average Bonchev–Trinajstić information content (AvgIpc) is 2.37. The Hall–Kier alpha value is -2.12. The van der Waals surface area contributed by atoms with Gasteiger partial charge < -0.3 is 25.7 Å². The van der Waals surface area contributed by atoms with Crippen LogP contribution in [-0.2, 0) is 4.79 Å². The minimum absolute atomic E-state index is 0.158. The van der Waals surface area contributed by atoms with Gasteiger partial charge in [-0.15, -0.1) is 0 Å². The van der Waals surface area contributed by atoms with E-state index in [9.17, 15) is 4.79 Å².